The zero-order valence-electron chi connectivity index (χ0n) is 14.0. The van der Waals surface area contributed by atoms with Gasteiger partial charge in [0.1, 0.15) is 5.75 Å². The van der Waals surface area contributed by atoms with Crippen LogP contribution < -0.4 is 15.5 Å². The van der Waals surface area contributed by atoms with Crippen LogP contribution in [0, 0.1) is 0 Å². The van der Waals surface area contributed by atoms with E-state index < -0.39 is 11.8 Å². The number of carbonyl (C=O) groups is 2. The first kappa shape index (κ1) is 17.9. The highest BCUT2D eigenvalue weighted by molar-refractivity contribution is 6.39. The predicted molar refractivity (Wildman–Crippen MR) is 98.4 cm³/mol. The smallest absolute Gasteiger partial charge is 0.329 e. The third-order valence-electron chi connectivity index (χ3n) is 3.16. The highest BCUT2D eigenvalue weighted by atomic mass is 16.5. The number of methoxy groups -OCH3 is 1. The number of carbonyl (C=O) groups excluding carboxylic acids is 2. The van der Waals surface area contributed by atoms with Gasteiger partial charge in [-0.3, -0.25) is 9.59 Å². The van der Waals surface area contributed by atoms with Gasteiger partial charge in [-0.05, 0) is 30.2 Å². The van der Waals surface area contributed by atoms with Gasteiger partial charge in [-0.25, -0.2) is 5.43 Å². The minimum atomic E-state index is -0.855. The van der Waals surface area contributed by atoms with Crippen LogP contribution in [0.25, 0.3) is 6.08 Å². The van der Waals surface area contributed by atoms with Gasteiger partial charge in [-0.1, -0.05) is 42.5 Å². The molecule has 6 nitrogen and oxygen atoms in total. The van der Waals surface area contributed by atoms with Gasteiger partial charge in [0.2, 0.25) is 0 Å². The SMILES string of the molecule is COc1cccc(NC(=O)C(=O)N/N=C\C(C)=C/c2ccccc2)c1. The molecular weight excluding hydrogens is 318 g/mol. The van der Waals surface area contributed by atoms with E-state index in [1.54, 1.807) is 24.3 Å². The van der Waals surface area contributed by atoms with Crippen molar-refractivity contribution in [1.29, 1.82) is 0 Å². The molecule has 0 unspecified atom stereocenters. The lowest BCUT2D eigenvalue weighted by molar-refractivity contribution is -0.136. The molecule has 0 saturated carbocycles. The highest BCUT2D eigenvalue weighted by Crippen LogP contribution is 2.16. The van der Waals surface area contributed by atoms with Crippen LogP contribution in [0.15, 0.2) is 65.3 Å². The lowest BCUT2D eigenvalue weighted by Gasteiger charge is -2.05. The van der Waals surface area contributed by atoms with Gasteiger partial charge in [-0.15, -0.1) is 0 Å². The van der Waals surface area contributed by atoms with Crippen LogP contribution in [0.1, 0.15) is 12.5 Å². The summed E-state index contributed by atoms with van der Waals surface area (Å²) in [7, 11) is 1.52. The summed E-state index contributed by atoms with van der Waals surface area (Å²) in [5, 5.41) is 6.26. The Morgan fingerprint density at radius 1 is 1.04 bits per heavy atom. The average Bonchev–Trinajstić information content (AvgIpc) is 2.62. The van der Waals surface area contributed by atoms with Crippen molar-refractivity contribution in [2.45, 2.75) is 6.92 Å². The molecule has 128 valence electrons. The summed E-state index contributed by atoms with van der Waals surface area (Å²) in [6.45, 7) is 1.85. The molecule has 2 aromatic rings. The molecule has 0 radical (unpaired) electrons. The lowest BCUT2D eigenvalue weighted by atomic mass is 10.1. The van der Waals surface area contributed by atoms with Crippen LogP contribution in [0.3, 0.4) is 0 Å². The summed E-state index contributed by atoms with van der Waals surface area (Å²) in [5.41, 5.74) is 4.51. The molecule has 2 amide bonds. The van der Waals surface area contributed by atoms with Gasteiger partial charge in [0.25, 0.3) is 0 Å². The van der Waals surface area contributed by atoms with Crippen molar-refractivity contribution in [2.75, 3.05) is 12.4 Å². The summed E-state index contributed by atoms with van der Waals surface area (Å²) in [4.78, 5) is 23.6. The molecule has 0 aliphatic carbocycles. The van der Waals surface area contributed by atoms with Gasteiger partial charge < -0.3 is 10.1 Å². The van der Waals surface area contributed by atoms with E-state index in [1.807, 2.05) is 43.3 Å². The molecule has 6 heteroatoms. The Hall–Kier alpha value is -3.41. The second kappa shape index (κ2) is 9.02. The van der Waals surface area contributed by atoms with E-state index in [1.165, 1.54) is 13.3 Å². The van der Waals surface area contributed by atoms with Crippen LogP contribution in [-0.4, -0.2) is 25.1 Å². The molecular formula is C19H19N3O3. The Balaban J connectivity index is 1.88. The molecule has 0 aliphatic rings. The van der Waals surface area contributed by atoms with Gasteiger partial charge in [-0.2, -0.15) is 5.10 Å². The zero-order valence-corrected chi connectivity index (χ0v) is 14.0. The molecule has 0 fully saturated rings. The molecule has 0 heterocycles. The fourth-order valence-electron chi connectivity index (χ4n) is 1.98. The molecule has 0 bridgehead atoms. The van der Waals surface area contributed by atoms with E-state index in [0.29, 0.717) is 11.4 Å². The van der Waals surface area contributed by atoms with Gasteiger partial charge in [0, 0.05) is 11.8 Å². The quantitative estimate of drug-likeness (QED) is 0.500. The summed E-state index contributed by atoms with van der Waals surface area (Å²) >= 11 is 0. The van der Waals surface area contributed by atoms with E-state index in [4.69, 9.17) is 4.74 Å². The minimum absolute atomic E-state index is 0.462. The first-order chi connectivity index (χ1) is 12.1. The number of nitrogens with one attached hydrogen (secondary N) is 2. The number of benzene rings is 2. The van der Waals surface area contributed by atoms with Crippen molar-refractivity contribution in [3.05, 3.63) is 65.7 Å². The molecule has 0 aromatic heterocycles. The van der Waals surface area contributed by atoms with Crippen molar-refractivity contribution in [1.82, 2.24) is 5.43 Å². The molecule has 2 aromatic carbocycles. The molecule has 2 rings (SSSR count). The number of amides is 2. The highest BCUT2D eigenvalue weighted by Gasteiger charge is 2.12. The fourth-order valence-corrected chi connectivity index (χ4v) is 1.98. The number of allylic oxidation sites excluding steroid dienone is 1. The lowest BCUT2D eigenvalue weighted by Crippen LogP contribution is -2.32. The number of nitrogens with zero attached hydrogens (tertiary/aromatic N) is 1. The maximum absolute atomic E-state index is 11.8. The van der Waals surface area contributed by atoms with Crippen molar-refractivity contribution >= 4 is 29.8 Å². The number of hydrazone groups is 1. The number of hydrogen-bond donors (Lipinski definition) is 2. The summed E-state index contributed by atoms with van der Waals surface area (Å²) in [5.74, 6) is -1.08. The summed E-state index contributed by atoms with van der Waals surface area (Å²) in [6, 6.07) is 16.4. The van der Waals surface area contributed by atoms with Gasteiger partial charge >= 0.3 is 11.8 Å². The Bertz CT molecular complexity index is 799. The third kappa shape index (κ3) is 5.95. The van der Waals surface area contributed by atoms with Crippen molar-refractivity contribution in [3.8, 4) is 5.75 Å². The summed E-state index contributed by atoms with van der Waals surface area (Å²) in [6.07, 6.45) is 3.38. The molecule has 0 atom stereocenters. The monoisotopic (exact) mass is 337 g/mol. The van der Waals surface area contributed by atoms with Crippen molar-refractivity contribution < 1.29 is 14.3 Å². The first-order valence-corrected chi connectivity index (χ1v) is 7.60. The van der Waals surface area contributed by atoms with Crippen LogP contribution in [0.5, 0.6) is 5.75 Å². The summed E-state index contributed by atoms with van der Waals surface area (Å²) < 4.78 is 5.06. The average molecular weight is 337 g/mol. The number of hydrogen-bond acceptors (Lipinski definition) is 4. The normalized spacial score (nSPS) is 11.2. The van der Waals surface area contributed by atoms with Crippen molar-refractivity contribution in [2.24, 2.45) is 5.10 Å². The van der Waals surface area contributed by atoms with Crippen molar-refractivity contribution in [3.63, 3.8) is 0 Å². The topological polar surface area (TPSA) is 79.8 Å². The number of ether oxygens (including phenoxy) is 1. The maximum atomic E-state index is 11.8. The second-order valence-electron chi connectivity index (χ2n) is 5.18. The molecule has 0 saturated heterocycles. The minimum Gasteiger partial charge on any atom is -0.497 e. The van der Waals surface area contributed by atoms with E-state index in [2.05, 4.69) is 15.8 Å². The van der Waals surface area contributed by atoms with E-state index in [-0.39, 0.29) is 0 Å². The van der Waals surface area contributed by atoms with Crippen LogP contribution in [0.4, 0.5) is 5.69 Å². The molecule has 0 aliphatic heterocycles. The molecule has 2 N–H and O–H groups in total. The van der Waals surface area contributed by atoms with E-state index in [0.717, 1.165) is 11.1 Å². The number of rotatable bonds is 5. The first-order valence-electron chi connectivity index (χ1n) is 7.60. The van der Waals surface area contributed by atoms with Gasteiger partial charge in [0.15, 0.2) is 0 Å². The van der Waals surface area contributed by atoms with Crippen LogP contribution in [0.2, 0.25) is 0 Å². The second-order valence-corrected chi connectivity index (χ2v) is 5.18. The van der Waals surface area contributed by atoms with Crippen LogP contribution >= 0.6 is 0 Å². The number of anilines is 1. The standard InChI is InChI=1S/C19H19N3O3/c1-14(11-15-7-4-3-5-8-15)13-20-22-19(24)18(23)21-16-9-6-10-17(12-16)25-2/h3-13H,1-2H3,(H,21,23)(H,22,24)/b14-11-,20-13-. The fraction of sp³-hybridized carbons (Fsp3) is 0.105. The molecule has 25 heavy (non-hydrogen) atoms. The molecule has 0 spiro atoms. The predicted octanol–water partition coefficient (Wildman–Crippen LogP) is 2.84. The maximum Gasteiger partial charge on any atom is 0.329 e. The third-order valence-corrected chi connectivity index (χ3v) is 3.16. The Morgan fingerprint density at radius 3 is 2.52 bits per heavy atom. The zero-order chi connectivity index (χ0) is 18.1. The Morgan fingerprint density at radius 2 is 1.80 bits per heavy atom. The van der Waals surface area contributed by atoms with Crippen LogP contribution in [-0.2, 0) is 9.59 Å². The van der Waals surface area contributed by atoms with E-state index in [9.17, 15) is 9.59 Å². The van der Waals surface area contributed by atoms with Gasteiger partial charge in [0.05, 0.1) is 13.3 Å². The van der Waals surface area contributed by atoms with E-state index >= 15 is 0 Å². The largest absolute Gasteiger partial charge is 0.497 e. The Labute approximate surface area is 146 Å². The Kier molecular flexibility index (Phi) is 6.47.